The number of guanidine groups is 1. The highest BCUT2D eigenvalue weighted by Gasteiger charge is 2.36. The van der Waals surface area contributed by atoms with Gasteiger partial charge in [-0.15, -0.1) is 0 Å². The Labute approximate surface area is 104 Å². The fourth-order valence-electron chi connectivity index (χ4n) is 1.82. The van der Waals surface area contributed by atoms with E-state index in [2.05, 4.69) is 10.3 Å². The molecule has 0 unspecified atom stereocenters. The summed E-state index contributed by atoms with van der Waals surface area (Å²) in [7, 11) is 1.75. The largest absolute Gasteiger partial charge is 0.382 e. The lowest BCUT2D eigenvalue weighted by Gasteiger charge is -2.39. The Morgan fingerprint density at radius 2 is 2.24 bits per heavy atom. The number of nitrogens with zero attached hydrogens (tertiary/aromatic N) is 1. The molecule has 0 amide bonds. The van der Waals surface area contributed by atoms with Gasteiger partial charge >= 0.3 is 0 Å². The van der Waals surface area contributed by atoms with Gasteiger partial charge in [-0.3, -0.25) is 4.99 Å². The van der Waals surface area contributed by atoms with Crippen molar-refractivity contribution in [2.45, 2.75) is 38.2 Å². The normalized spacial score (nSPS) is 18.8. The summed E-state index contributed by atoms with van der Waals surface area (Å²) in [6, 6.07) is 0. The number of nitrogens with one attached hydrogen (secondary N) is 1. The molecule has 17 heavy (non-hydrogen) atoms. The van der Waals surface area contributed by atoms with Gasteiger partial charge in [0.15, 0.2) is 5.96 Å². The van der Waals surface area contributed by atoms with Gasteiger partial charge in [-0.2, -0.15) is 0 Å². The third kappa shape index (κ3) is 4.91. The predicted octanol–water partition coefficient (Wildman–Crippen LogP) is 0.886. The maximum atomic E-state index is 5.77. The second kappa shape index (κ2) is 7.50. The van der Waals surface area contributed by atoms with Gasteiger partial charge in [-0.05, 0) is 32.6 Å². The molecule has 1 aliphatic rings. The molecule has 5 nitrogen and oxygen atoms in total. The van der Waals surface area contributed by atoms with Crippen LogP contribution in [0.15, 0.2) is 4.99 Å². The number of methoxy groups -OCH3 is 1. The zero-order valence-electron chi connectivity index (χ0n) is 11.0. The minimum Gasteiger partial charge on any atom is -0.382 e. The molecule has 1 rings (SSSR count). The van der Waals surface area contributed by atoms with Crippen LogP contribution in [-0.2, 0) is 9.47 Å². The van der Waals surface area contributed by atoms with Crippen LogP contribution in [0.5, 0.6) is 0 Å². The first kappa shape index (κ1) is 14.3. The zero-order valence-corrected chi connectivity index (χ0v) is 11.0. The van der Waals surface area contributed by atoms with Crippen molar-refractivity contribution < 1.29 is 9.47 Å². The summed E-state index contributed by atoms with van der Waals surface area (Å²) in [6.45, 7) is 4.98. The molecular weight excluding hydrogens is 218 g/mol. The van der Waals surface area contributed by atoms with Crippen molar-refractivity contribution >= 4 is 5.96 Å². The van der Waals surface area contributed by atoms with Gasteiger partial charge in [0.2, 0.25) is 0 Å². The van der Waals surface area contributed by atoms with E-state index in [1.807, 2.05) is 6.92 Å². The summed E-state index contributed by atoms with van der Waals surface area (Å²) in [6.07, 6.45) is 4.35. The summed E-state index contributed by atoms with van der Waals surface area (Å²) in [5.41, 5.74) is 5.73. The zero-order chi connectivity index (χ0) is 12.6. The average Bonchev–Trinajstić information content (AvgIpc) is 2.28. The quantitative estimate of drug-likeness (QED) is 0.377. The molecule has 0 heterocycles. The molecule has 0 spiro atoms. The molecule has 0 saturated heterocycles. The molecular formula is C12H25N3O2. The number of hydrogen-bond donors (Lipinski definition) is 2. The Bertz CT molecular complexity index is 234. The van der Waals surface area contributed by atoms with Crippen molar-refractivity contribution in [3.63, 3.8) is 0 Å². The van der Waals surface area contributed by atoms with Crippen molar-refractivity contribution in [1.29, 1.82) is 0 Å². The minimum atomic E-state index is -0.0440. The number of nitrogens with two attached hydrogens (primary N) is 1. The van der Waals surface area contributed by atoms with Gasteiger partial charge in [0.05, 0.1) is 12.1 Å². The molecule has 100 valence electrons. The Balaban J connectivity index is 2.11. The van der Waals surface area contributed by atoms with E-state index < -0.39 is 0 Å². The van der Waals surface area contributed by atoms with Gasteiger partial charge in [0.25, 0.3) is 0 Å². The van der Waals surface area contributed by atoms with Crippen molar-refractivity contribution in [3.05, 3.63) is 0 Å². The van der Waals surface area contributed by atoms with E-state index in [0.29, 0.717) is 12.5 Å². The van der Waals surface area contributed by atoms with Crippen LogP contribution in [0.3, 0.4) is 0 Å². The van der Waals surface area contributed by atoms with Crippen LogP contribution >= 0.6 is 0 Å². The van der Waals surface area contributed by atoms with Crippen LogP contribution in [0.2, 0.25) is 0 Å². The average molecular weight is 243 g/mol. The topological polar surface area (TPSA) is 68.9 Å². The molecule has 0 aromatic heterocycles. The number of rotatable bonds is 8. The van der Waals surface area contributed by atoms with Crippen molar-refractivity contribution in [1.82, 2.24) is 5.32 Å². The lowest BCUT2D eigenvalue weighted by atomic mass is 9.80. The predicted molar refractivity (Wildman–Crippen MR) is 69.2 cm³/mol. The van der Waals surface area contributed by atoms with E-state index in [4.69, 9.17) is 15.2 Å². The highest BCUT2D eigenvalue weighted by atomic mass is 16.5. The SMILES string of the molecule is CCOCCCNC(N)=NCC1(OC)CCC1. The Morgan fingerprint density at radius 3 is 2.76 bits per heavy atom. The molecule has 0 bridgehead atoms. The van der Waals surface area contributed by atoms with Crippen molar-refractivity contribution in [2.24, 2.45) is 10.7 Å². The van der Waals surface area contributed by atoms with E-state index in [1.54, 1.807) is 7.11 Å². The molecule has 1 aliphatic carbocycles. The third-order valence-corrected chi connectivity index (χ3v) is 3.21. The van der Waals surface area contributed by atoms with Crippen LogP contribution in [0.25, 0.3) is 0 Å². The highest BCUT2D eigenvalue weighted by molar-refractivity contribution is 5.77. The molecule has 0 radical (unpaired) electrons. The van der Waals surface area contributed by atoms with Gasteiger partial charge in [0.1, 0.15) is 0 Å². The van der Waals surface area contributed by atoms with Crippen molar-refractivity contribution in [3.8, 4) is 0 Å². The molecule has 3 N–H and O–H groups in total. The number of aliphatic imine (C=N–C) groups is 1. The smallest absolute Gasteiger partial charge is 0.188 e. The van der Waals surface area contributed by atoms with Crippen LogP contribution in [0.4, 0.5) is 0 Å². The fourth-order valence-corrected chi connectivity index (χ4v) is 1.82. The second-order valence-corrected chi connectivity index (χ2v) is 4.42. The second-order valence-electron chi connectivity index (χ2n) is 4.42. The molecule has 0 atom stereocenters. The Morgan fingerprint density at radius 1 is 1.47 bits per heavy atom. The standard InChI is InChI=1S/C12H25N3O2/c1-3-17-9-5-8-14-11(13)15-10-12(16-2)6-4-7-12/h3-10H2,1-2H3,(H3,13,14,15). The Hall–Kier alpha value is -0.810. The summed E-state index contributed by atoms with van der Waals surface area (Å²) < 4.78 is 10.7. The van der Waals surface area contributed by atoms with E-state index in [1.165, 1.54) is 6.42 Å². The lowest BCUT2D eigenvalue weighted by Crippen LogP contribution is -2.43. The highest BCUT2D eigenvalue weighted by Crippen LogP contribution is 2.35. The van der Waals surface area contributed by atoms with Crippen LogP contribution in [0.1, 0.15) is 32.6 Å². The first-order valence-electron chi connectivity index (χ1n) is 6.39. The first-order valence-corrected chi connectivity index (χ1v) is 6.39. The molecule has 1 fully saturated rings. The third-order valence-electron chi connectivity index (χ3n) is 3.21. The van der Waals surface area contributed by atoms with Gasteiger partial charge in [-0.1, -0.05) is 0 Å². The van der Waals surface area contributed by atoms with E-state index in [0.717, 1.165) is 39.0 Å². The van der Waals surface area contributed by atoms with Crippen LogP contribution < -0.4 is 11.1 Å². The monoisotopic (exact) mass is 243 g/mol. The number of hydrogen-bond acceptors (Lipinski definition) is 3. The molecule has 0 aromatic rings. The molecule has 0 aliphatic heterocycles. The van der Waals surface area contributed by atoms with Crippen molar-refractivity contribution in [2.75, 3.05) is 33.4 Å². The maximum Gasteiger partial charge on any atom is 0.188 e. The Kier molecular flexibility index (Phi) is 6.29. The minimum absolute atomic E-state index is 0.0440. The van der Waals surface area contributed by atoms with Gasteiger partial charge in [0, 0.05) is 26.9 Å². The van der Waals surface area contributed by atoms with E-state index in [9.17, 15) is 0 Å². The maximum absolute atomic E-state index is 5.77. The van der Waals surface area contributed by atoms with Crippen LogP contribution in [0, 0.1) is 0 Å². The summed E-state index contributed by atoms with van der Waals surface area (Å²) in [5.74, 6) is 0.504. The van der Waals surface area contributed by atoms with E-state index >= 15 is 0 Å². The molecule has 0 aromatic carbocycles. The van der Waals surface area contributed by atoms with E-state index in [-0.39, 0.29) is 5.60 Å². The fraction of sp³-hybridized carbons (Fsp3) is 0.917. The first-order chi connectivity index (χ1) is 8.22. The molecule has 5 heteroatoms. The summed E-state index contributed by atoms with van der Waals surface area (Å²) >= 11 is 0. The summed E-state index contributed by atoms with van der Waals surface area (Å²) in [5, 5.41) is 3.08. The number of ether oxygens (including phenoxy) is 2. The van der Waals surface area contributed by atoms with Gasteiger partial charge < -0.3 is 20.5 Å². The lowest BCUT2D eigenvalue weighted by molar-refractivity contribution is -0.0630. The van der Waals surface area contributed by atoms with Crippen LogP contribution in [-0.4, -0.2) is 45.0 Å². The summed E-state index contributed by atoms with van der Waals surface area (Å²) in [4.78, 5) is 4.32. The molecule has 1 saturated carbocycles. The van der Waals surface area contributed by atoms with Gasteiger partial charge in [-0.25, -0.2) is 0 Å².